The molecule has 0 unspecified atom stereocenters. The van der Waals surface area contributed by atoms with Crippen LogP contribution < -0.4 is 10.6 Å². The van der Waals surface area contributed by atoms with Crippen molar-refractivity contribution in [3.05, 3.63) is 60.2 Å². The normalized spacial score (nSPS) is 14.3. The Morgan fingerprint density at radius 1 is 1.00 bits per heavy atom. The average Bonchev–Trinajstić information content (AvgIpc) is 3.18. The van der Waals surface area contributed by atoms with Crippen LogP contribution in [0.1, 0.15) is 31.2 Å². The highest BCUT2D eigenvalue weighted by Gasteiger charge is 2.17. The Morgan fingerprint density at radius 3 is 2.52 bits per heavy atom. The summed E-state index contributed by atoms with van der Waals surface area (Å²) < 4.78 is 13.4. The molecule has 2 N–H and O–H groups in total. The van der Waals surface area contributed by atoms with Gasteiger partial charge in [-0.1, -0.05) is 12.8 Å². The smallest absolute Gasteiger partial charge is 0.225 e. The highest BCUT2D eigenvalue weighted by Crippen LogP contribution is 2.27. The van der Waals surface area contributed by atoms with E-state index in [1.807, 2.05) is 25.1 Å². The van der Waals surface area contributed by atoms with E-state index in [0.29, 0.717) is 17.8 Å². The molecule has 0 aliphatic heterocycles. The number of aromatic nitrogens is 3. The van der Waals surface area contributed by atoms with Crippen molar-refractivity contribution >= 4 is 17.5 Å². The lowest BCUT2D eigenvalue weighted by Gasteiger charge is -2.15. The third-order valence-corrected chi connectivity index (χ3v) is 4.84. The van der Waals surface area contributed by atoms with Crippen molar-refractivity contribution in [2.45, 2.75) is 38.6 Å². The van der Waals surface area contributed by atoms with Crippen molar-refractivity contribution in [3.63, 3.8) is 0 Å². The summed E-state index contributed by atoms with van der Waals surface area (Å²) in [5.41, 5.74) is 3.43. The number of pyridine rings is 1. The summed E-state index contributed by atoms with van der Waals surface area (Å²) in [5, 5.41) is 6.76. The van der Waals surface area contributed by atoms with Gasteiger partial charge >= 0.3 is 0 Å². The van der Waals surface area contributed by atoms with Crippen molar-refractivity contribution in [2.75, 3.05) is 10.6 Å². The van der Waals surface area contributed by atoms with Gasteiger partial charge in [0.2, 0.25) is 5.95 Å². The molecule has 1 aliphatic carbocycles. The molecule has 2 heterocycles. The number of benzene rings is 1. The quantitative estimate of drug-likeness (QED) is 0.661. The van der Waals surface area contributed by atoms with Crippen LogP contribution in [0.15, 0.2) is 48.8 Å². The van der Waals surface area contributed by atoms with Crippen LogP contribution >= 0.6 is 0 Å². The zero-order valence-corrected chi connectivity index (χ0v) is 15.2. The van der Waals surface area contributed by atoms with Crippen molar-refractivity contribution in [1.82, 2.24) is 15.0 Å². The summed E-state index contributed by atoms with van der Waals surface area (Å²) in [6.45, 7) is 1.87. The van der Waals surface area contributed by atoms with Gasteiger partial charge in [-0.15, -0.1) is 0 Å². The minimum Gasteiger partial charge on any atom is -0.351 e. The van der Waals surface area contributed by atoms with E-state index in [4.69, 9.17) is 4.98 Å². The maximum atomic E-state index is 13.4. The SMILES string of the molecule is Cc1cc(F)ccc1Nc1cc(-c2ccncc2)nc(NC2CCCC2)n1. The molecule has 5 nitrogen and oxygen atoms in total. The Balaban J connectivity index is 1.68. The molecular formula is C21H22FN5. The maximum Gasteiger partial charge on any atom is 0.225 e. The van der Waals surface area contributed by atoms with Crippen LogP contribution in [0.25, 0.3) is 11.3 Å². The van der Waals surface area contributed by atoms with Gasteiger partial charge in [0, 0.05) is 35.8 Å². The standard InChI is InChI=1S/C21H22FN5/c1-14-12-16(22)6-7-18(14)25-20-13-19(15-8-10-23-11-9-15)26-21(27-20)24-17-4-2-3-5-17/h6-13,17H,2-5H2,1H3,(H2,24,25,26,27). The van der Waals surface area contributed by atoms with E-state index in [2.05, 4.69) is 20.6 Å². The number of hydrogen-bond donors (Lipinski definition) is 2. The Kier molecular flexibility index (Phi) is 4.96. The van der Waals surface area contributed by atoms with Gasteiger partial charge in [0.15, 0.2) is 0 Å². The average molecular weight is 363 g/mol. The molecule has 2 aromatic heterocycles. The zero-order chi connectivity index (χ0) is 18.6. The van der Waals surface area contributed by atoms with Crippen molar-refractivity contribution < 1.29 is 4.39 Å². The van der Waals surface area contributed by atoms with Crippen LogP contribution in [0.3, 0.4) is 0 Å². The van der Waals surface area contributed by atoms with Crippen molar-refractivity contribution in [3.8, 4) is 11.3 Å². The molecular weight excluding hydrogens is 341 g/mol. The molecule has 4 rings (SSSR count). The first-order chi connectivity index (χ1) is 13.2. The molecule has 1 aromatic carbocycles. The van der Waals surface area contributed by atoms with Gasteiger partial charge in [-0.2, -0.15) is 4.98 Å². The van der Waals surface area contributed by atoms with Crippen LogP contribution in [0.2, 0.25) is 0 Å². The van der Waals surface area contributed by atoms with Gasteiger partial charge in [-0.3, -0.25) is 4.98 Å². The fourth-order valence-corrected chi connectivity index (χ4v) is 3.40. The summed E-state index contributed by atoms with van der Waals surface area (Å²) in [6, 6.07) is 10.8. The minimum absolute atomic E-state index is 0.248. The van der Waals surface area contributed by atoms with Gasteiger partial charge in [0.25, 0.3) is 0 Å². The summed E-state index contributed by atoms with van der Waals surface area (Å²) in [4.78, 5) is 13.4. The van der Waals surface area contributed by atoms with E-state index < -0.39 is 0 Å². The molecule has 138 valence electrons. The van der Waals surface area contributed by atoms with Gasteiger partial charge in [-0.05, 0) is 55.7 Å². The number of anilines is 3. The monoisotopic (exact) mass is 363 g/mol. The van der Waals surface area contributed by atoms with E-state index in [1.54, 1.807) is 18.5 Å². The second kappa shape index (κ2) is 7.70. The van der Waals surface area contributed by atoms with E-state index in [-0.39, 0.29) is 5.82 Å². The predicted molar refractivity (Wildman–Crippen MR) is 106 cm³/mol. The molecule has 1 saturated carbocycles. The lowest BCUT2D eigenvalue weighted by atomic mass is 10.1. The number of aryl methyl sites for hydroxylation is 1. The molecule has 6 heteroatoms. The van der Waals surface area contributed by atoms with E-state index in [9.17, 15) is 4.39 Å². The largest absolute Gasteiger partial charge is 0.351 e. The zero-order valence-electron chi connectivity index (χ0n) is 15.2. The first-order valence-corrected chi connectivity index (χ1v) is 9.26. The lowest BCUT2D eigenvalue weighted by Crippen LogP contribution is -2.17. The molecule has 0 saturated heterocycles. The minimum atomic E-state index is -0.248. The van der Waals surface area contributed by atoms with Crippen LogP contribution in [-0.2, 0) is 0 Å². The summed E-state index contributed by atoms with van der Waals surface area (Å²) in [7, 11) is 0. The molecule has 27 heavy (non-hydrogen) atoms. The van der Waals surface area contributed by atoms with E-state index >= 15 is 0 Å². The number of nitrogens with one attached hydrogen (secondary N) is 2. The number of halogens is 1. The van der Waals surface area contributed by atoms with E-state index in [1.165, 1.54) is 25.0 Å². The van der Waals surface area contributed by atoms with Crippen molar-refractivity contribution in [1.29, 1.82) is 0 Å². The highest BCUT2D eigenvalue weighted by molar-refractivity contribution is 5.68. The van der Waals surface area contributed by atoms with Gasteiger partial charge in [0.05, 0.1) is 5.69 Å². The highest BCUT2D eigenvalue weighted by atomic mass is 19.1. The van der Waals surface area contributed by atoms with Crippen LogP contribution in [0.5, 0.6) is 0 Å². The van der Waals surface area contributed by atoms with Crippen LogP contribution in [-0.4, -0.2) is 21.0 Å². The Hall–Kier alpha value is -3.02. The second-order valence-corrected chi connectivity index (χ2v) is 6.91. The Morgan fingerprint density at radius 2 is 1.78 bits per heavy atom. The fourth-order valence-electron chi connectivity index (χ4n) is 3.40. The number of hydrogen-bond acceptors (Lipinski definition) is 5. The third-order valence-electron chi connectivity index (χ3n) is 4.84. The summed E-state index contributed by atoms with van der Waals surface area (Å²) in [5.74, 6) is 1.03. The second-order valence-electron chi connectivity index (χ2n) is 6.91. The Bertz CT molecular complexity index is 923. The van der Waals surface area contributed by atoms with Gasteiger partial charge in [-0.25, -0.2) is 9.37 Å². The lowest BCUT2D eigenvalue weighted by molar-refractivity contribution is 0.627. The van der Waals surface area contributed by atoms with Gasteiger partial charge < -0.3 is 10.6 Å². The molecule has 3 aromatic rings. The van der Waals surface area contributed by atoms with Crippen LogP contribution in [0.4, 0.5) is 21.8 Å². The third kappa shape index (κ3) is 4.22. The molecule has 1 fully saturated rings. The molecule has 0 spiro atoms. The van der Waals surface area contributed by atoms with Gasteiger partial charge in [0.1, 0.15) is 11.6 Å². The number of rotatable bonds is 5. The van der Waals surface area contributed by atoms with Crippen molar-refractivity contribution in [2.24, 2.45) is 0 Å². The molecule has 0 atom stereocenters. The topological polar surface area (TPSA) is 62.7 Å². The summed E-state index contributed by atoms with van der Waals surface area (Å²) in [6.07, 6.45) is 8.26. The number of nitrogens with zero attached hydrogens (tertiary/aromatic N) is 3. The first-order valence-electron chi connectivity index (χ1n) is 9.26. The molecule has 0 bridgehead atoms. The molecule has 1 aliphatic rings. The summed E-state index contributed by atoms with van der Waals surface area (Å²) >= 11 is 0. The van der Waals surface area contributed by atoms with Crippen LogP contribution in [0, 0.1) is 12.7 Å². The fraction of sp³-hybridized carbons (Fsp3) is 0.286. The first kappa shape index (κ1) is 17.4. The maximum absolute atomic E-state index is 13.4. The Labute approximate surface area is 158 Å². The predicted octanol–water partition coefficient (Wildman–Crippen LogP) is 5.08. The molecule has 0 radical (unpaired) electrons. The van der Waals surface area contributed by atoms with E-state index in [0.717, 1.165) is 35.3 Å². The molecule has 0 amide bonds.